The Hall–Kier alpha value is -1.33. The molecule has 0 spiro atoms. The lowest BCUT2D eigenvalue weighted by Crippen LogP contribution is -2.48. The fraction of sp³-hybridized carbons (Fsp3) is 0.533. The zero-order valence-corrected chi connectivity index (χ0v) is 13.4. The van der Waals surface area contributed by atoms with Crippen LogP contribution in [0.5, 0.6) is 5.75 Å². The summed E-state index contributed by atoms with van der Waals surface area (Å²) in [6, 6.07) is 7.90. The number of thiocarbonyl (C=S) groups is 1. The maximum absolute atomic E-state index is 9.90. The molecule has 1 aromatic rings. The molecular weight excluding hydrogens is 272 g/mol. The number of methoxy groups -OCH3 is 1. The molecule has 0 amide bonds. The minimum Gasteiger partial charge on any atom is -0.496 e. The highest BCUT2D eigenvalue weighted by Gasteiger charge is 2.22. The molecule has 1 rings (SSSR count). The number of benzene rings is 1. The van der Waals surface area contributed by atoms with Crippen LogP contribution in [0.15, 0.2) is 24.3 Å². The van der Waals surface area contributed by atoms with Crippen molar-refractivity contribution in [2.24, 2.45) is 5.41 Å². The van der Waals surface area contributed by atoms with Crippen LogP contribution in [-0.2, 0) is 6.42 Å². The van der Waals surface area contributed by atoms with Gasteiger partial charge < -0.3 is 20.5 Å². The standard InChI is InChI=1S/C15H24N2O2S/c1-15(2,3)13(18)17-14(20)16-10-9-11-7-5-6-8-12(11)19-4/h5-8,13,18H,9-10H2,1-4H3,(H2,16,17,20). The van der Waals surface area contributed by atoms with Gasteiger partial charge in [0.25, 0.3) is 0 Å². The Morgan fingerprint density at radius 2 is 2.00 bits per heavy atom. The van der Waals surface area contributed by atoms with Gasteiger partial charge >= 0.3 is 0 Å². The van der Waals surface area contributed by atoms with Crippen LogP contribution in [0, 0.1) is 5.41 Å². The molecule has 1 aromatic carbocycles. The van der Waals surface area contributed by atoms with E-state index >= 15 is 0 Å². The van der Waals surface area contributed by atoms with Crippen LogP contribution in [-0.4, -0.2) is 30.1 Å². The topological polar surface area (TPSA) is 53.5 Å². The van der Waals surface area contributed by atoms with E-state index in [2.05, 4.69) is 10.6 Å². The van der Waals surface area contributed by atoms with Gasteiger partial charge in [-0.1, -0.05) is 39.0 Å². The lowest BCUT2D eigenvalue weighted by atomic mass is 9.94. The molecule has 0 radical (unpaired) electrons. The molecule has 1 atom stereocenters. The van der Waals surface area contributed by atoms with Gasteiger partial charge in [0.15, 0.2) is 5.11 Å². The Bertz CT molecular complexity index is 444. The Balaban J connectivity index is 2.39. The smallest absolute Gasteiger partial charge is 0.168 e. The molecule has 0 aromatic heterocycles. The van der Waals surface area contributed by atoms with Crippen molar-refractivity contribution >= 4 is 17.3 Å². The highest BCUT2D eigenvalue weighted by molar-refractivity contribution is 7.80. The normalized spacial score (nSPS) is 12.7. The maximum Gasteiger partial charge on any atom is 0.168 e. The molecule has 4 nitrogen and oxygen atoms in total. The van der Waals surface area contributed by atoms with Gasteiger partial charge in [-0.2, -0.15) is 0 Å². The zero-order valence-electron chi connectivity index (χ0n) is 12.6. The van der Waals surface area contributed by atoms with Crippen molar-refractivity contribution in [2.75, 3.05) is 13.7 Å². The Labute approximate surface area is 126 Å². The van der Waals surface area contributed by atoms with Crippen LogP contribution < -0.4 is 15.4 Å². The molecule has 3 N–H and O–H groups in total. The molecule has 0 heterocycles. The van der Waals surface area contributed by atoms with Gasteiger partial charge in [0, 0.05) is 12.0 Å². The van der Waals surface area contributed by atoms with E-state index in [1.54, 1.807) is 7.11 Å². The van der Waals surface area contributed by atoms with Crippen LogP contribution in [0.25, 0.3) is 0 Å². The van der Waals surface area contributed by atoms with E-state index in [0.29, 0.717) is 11.7 Å². The molecule has 0 saturated heterocycles. The highest BCUT2D eigenvalue weighted by atomic mass is 32.1. The monoisotopic (exact) mass is 296 g/mol. The van der Waals surface area contributed by atoms with Crippen LogP contribution in [0.4, 0.5) is 0 Å². The molecule has 1 unspecified atom stereocenters. The molecule has 112 valence electrons. The fourth-order valence-corrected chi connectivity index (χ4v) is 1.83. The lowest BCUT2D eigenvalue weighted by molar-refractivity contribution is 0.0503. The second kappa shape index (κ2) is 7.45. The summed E-state index contributed by atoms with van der Waals surface area (Å²) in [6.07, 6.45) is 0.131. The van der Waals surface area contributed by atoms with Gasteiger partial charge in [-0.05, 0) is 30.3 Å². The average molecular weight is 296 g/mol. The van der Waals surface area contributed by atoms with Crippen molar-refractivity contribution in [1.29, 1.82) is 0 Å². The highest BCUT2D eigenvalue weighted by Crippen LogP contribution is 2.18. The van der Waals surface area contributed by atoms with Gasteiger partial charge in [-0.3, -0.25) is 0 Å². The summed E-state index contributed by atoms with van der Waals surface area (Å²) in [5, 5.41) is 16.3. The molecule has 0 aliphatic heterocycles. The van der Waals surface area contributed by atoms with E-state index in [4.69, 9.17) is 17.0 Å². The van der Waals surface area contributed by atoms with Crippen LogP contribution >= 0.6 is 12.2 Å². The summed E-state index contributed by atoms with van der Waals surface area (Å²) in [5.74, 6) is 0.878. The maximum atomic E-state index is 9.90. The Kier molecular flexibility index (Phi) is 6.23. The molecule has 20 heavy (non-hydrogen) atoms. The second-order valence-corrected chi connectivity index (χ2v) is 6.14. The van der Waals surface area contributed by atoms with Gasteiger partial charge in [-0.25, -0.2) is 0 Å². The van der Waals surface area contributed by atoms with Crippen molar-refractivity contribution in [1.82, 2.24) is 10.6 Å². The number of hydrogen-bond acceptors (Lipinski definition) is 3. The van der Waals surface area contributed by atoms with E-state index in [-0.39, 0.29) is 5.41 Å². The Morgan fingerprint density at radius 1 is 1.35 bits per heavy atom. The van der Waals surface area contributed by atoms with Crippen LogP contribution in [0.3, 0.4) is 0 Å². The van der Waals surface area contributed by atoms with E-state index in [1.807, 2.05) is 45.0 Å². The predicted molar refractivity (Wildman–Crippen MR) is 85.9 cm³/mol. The number of para-hydroxylation sites is 1. The van der Waals surface area contributed by atoms with Gasteiger partial charge in [-0.15, -0.1) is 0 Å². The summed E-state index contributed by atoms with van der Waals surface area (Å²) in [7, 11) is 1.66. The van der Waals surface area contributed by atoms with Crippen molar-refractivity contribution in [3.05, 3.63) is 29.8 Å². The second-order valence-electron chi connectivity index (χ2n) is 5.73. The number of aliphatic hydroxyl groups excluding tert-OH is 1. The number of nitrogens with one attached hydrogen (secondary N) is 2. The largest absolute Gasteiger partial charge is 0.496 e. The van der Waals surface area contributed by atoms with Gasteiger partial charge in [0.2, 0.25) is 0 Å². The Morgan fingerprint density at radius 3 is 2.60 bits per heavy atom. The first-order valence-corrected chi connectivity index (χ1v) is 7.09. The molecular formula is C15H24N2O2S. The SMILES string of the molecule is COc1ccccc1CCNC(=S)NC(O)C(C)(C)C. The predicted octanol–water partition coefficient (Wildman–Crippen LogP) is 2.07. The molecule has 5 heteroatoms. The minimum absolute atomic E-state index is 0.256. The van der Waals surface area contributed by atoms with Crippen LogP contribution in [0.1, 0.15) is 26.3 Å². The van der Waals surface area contributed by atoms with E-state index in [1.165, 1.54) is 0 Å². The van der Waals surface area contributed by atoms with E-state index in [9.17, 15) is 5.11 Å². The van der Waals surface area contributed by atoms with Crippen molar-refractivity contribution in [3.8, 4) is 5.75 Å². The van der Waals surface area contributed by atoms with Crippen LogP contribution in [0.2, 0.25) is 0 Å². The summed E-state index contributed by atoms with van der Waals surface area (Å²) >= 11 is 5.16. The summed E-state index contributed by atoms with van der Waals surface area (Å²) in [4.78, 5) is 0. The van der Waals surface area contributed by atoms with Crippen molar-refractivity contribution < 1.29 is 9.84 Å². The fourth-order valence-electron chi connectivity index (χ4n) is 1.61. The molecule has 0 saturated carbocycles. The number of rotatable bonds is 5. The molecule has 0 aliphatic rings. The lowest BCUT2D eigenvalue weighted by Gasteiger charge is -2.27. The van der Waals surface area contributed by atoms with E-state index < -0.39 is 6.23 Å². The third-order valence-electron chi connectivity index (χ3n) is 2.96. The van der Waals surface area contributed by atoms with E-state index in [0.717, 1.165) is 17.7 Å². The number of aliphatic hydroxyl groups is 1. The summed E-state index contributed by atoms with van der Waals surface area (Å²) < 4.78 is 5.30. The van der Waals surface area contributed by atoms with Gasteiger partial charge in [0.1, 0.15) is 12.0 Å². The number of ether oxygens (including phenoxy) is 1. The number of hydrogen-bond donors (Lipinski definition) is 3. The molecule has 0 aliphatic carbocycles. The van der Waals surface area contributed by atoms with Gasteiger partial charge in [0.05, 0.1) is 7.11 Å². The van der Waals surface area contributed by atoms with Crippen molar-refractivity contribution in [3.63, 3.8) is 0 Å². The zero-order chi connectivity index (χ0) is 15.2. The first-order valence-electron chi connectivity index (χ1n) is 6.69. The van der Waals surface area contributed by atoms with Crippen molar-refractivity contribution in [2.45, 2.75) is 33.4 Å². The summed E-state index contributed by atoms with van der Waals surface area (Å²) in [5.41, 5.74) is 0.871. The first kappa shape index (κ1) is 16.7. The summed E-state index contributed by atoms with van der Waals surface area (Å²) in [6.45, 7) is 6.52. The quantitative estimate of drug-likeness (QED) is 0.574. The minimum atomic E-state index is -0.672. The third kappa shape index (κ3) is 5.35. The third-order valence-corrected chi connectivity index (χ3v) is 3.22. The molecule has 0 fully saturated rings. The average Bonchev–Trinajstić information content (AvgIpc) is 2.38. The molecule has 0 bridgehead atoms. The first-order chi connectivity index (χ1) is 9.34.